The number of hydrogen-bond donors (Lipinski definition) is 1. The molecule has 0 saturated carbocycles. The fraction of sp³-hybridized carbons (Fsp3) is 0.273. The van der Waals surface area contributed by atoms with Crippen molar-refractivity contribution >= 4 is 39.4 Å². The van der Waals surface area contributed by atoms with E-state index in [1.54, 1.807) is 0 Å². The zero-order valence-electron chi connectivity index (χ0n) is 16.1. The lowest BCUT2D eigenvalue weighted by atomic mass is 10.1. The molecule has 4 aromatic rings. The number of piperazine rings is 1. The van der Waals surface area contributed by atoms with Crippen LogP contribution < -0.4 is 10.5 Å². The van der Waals surface area contributed by atoms with Crippen LogP contribution in [-0.4, -0.2) is 41.0 Å². The lowest BCUT2D eigenvalue weighted by Gasteiger charge is -2.36. The highest BCUT2D eigenvalue weighted by atomic mass is 35.5. The van der Waals surface area contributed by atoms with E-state index in [0.717, 1.165) is 36.6 Å². The summed E-state index contributed by atoms with van der Waals surface area (Å²) in [4.78, 5) is 24.7. The molecular formula is C22H21ClN4O2. The van der Waals surface area contributed by atoms with Crippen LogP contribution in [0, 0.1) is 6.92 Å². The number of anilines is 1. The van der Waals surface area contributed by atoms with Crippen LogP contribution in [0.15, 0.2) is 51.7 Å². The molecule has 148 valence electrons. The summed E-state index contributed by atoms with van der Waals surface area (Å²) in [5.74, 6) is 0.668. The molecule has 5 rings (SSSR count). The number of para-hydroxylation sites is 1. The maximum Gasteiger partial charge on any atom is 0.294 e. The van der Waals surface area contributed by atoms with E-state index >= 15 is 0 Å². The molecular weight excluding hydrogens is 388 g/mol. The van der Waals surface area contributed by atoms with Crippen molar-refractivity contribution in [1.29, 1.82) is 0 Å². The number of aromatic nitrogens is 2. The van der Waals surface area contributed by atoms with Gasteiger partial charge in [-0.25, -0.2) is 4.98 Å². The van der Waals surface area contributed by atoms with E-state index in [9.17, 15) is 4.79 Å². The summed E-state index contributed by atoms with van der Waals surface area (Å²) in [6.07, 6.45) is 0. The van der Waals surface area contributed by atoms with Crippen molar-refractivity contribution in [2.45, 2.75) is 13.5 Å². The highest BCUT2D eigenvalue weighted by molar-refractivity contribution is 6.30. The Kier molecular flexibility index (Phi) is 4.53. The Morgan fingerprint density at radius 1 is 1.14 bits per heavy atom. The molecule has 0 atom stereocenters. The molecule has 1 saturated heterocycles. The van der Waals surface area contributed by atoms with Gasteiger partial charge in [0.1, 0.15) is 16.9 Å². The third-order valence-electron chi connectivity index (χ3n) is 5.54. The molecule has 1 fully saturated rings. The quantitative estimate of drug-likeness (QED) is 0.556. The Balaban J connectivity index is 1.35. The predicted molar refractivity (Wildman–Crippen MR) is 116 cm³/mol. The van der Waals surface area contributed by atoms with Gasteiger partial charge in [-0.05, 0) is 36.8 Å². The minimum absolute atomic E-state index is 0.227. The number of aryl methyl sites for hydroxylation is 1. The second-order valence-corrected chi connectivity index (χ2v) is 7.92. The van der Waals surface area contributed by atoms with Crippen molar-refractivity contribution in [3.63, 3.8) is 0 Å². The summed E-state index contributed by atoms with van der Waals surface area (Å²) < 4.78 is 5.67. The summed E-state index contributed by atoms with van der Waals surface area (Å²) in [6, 6.07) is 13.6. The molecule has 2 aromatic carbocycles. The predicted octanol–water partition coefficient (Wildman–Crippen LogP) is 3.95. The van der Waals surface area contributed by atoms with Crippen LogP contribution in [0.2, 0.25) is 5.02 Å². The number of nitrogens with one attached hydrogen (secondary N) is 1. The number of aromatic amines is 1. The molecule has 0 unspecified atom stereocenters. The number of hydrogen-bond acceptors (Lipinski definition) is 5. The zero-order valence-corrected chi connectivity index (χ0v) is 16.9. The molecule has 0 aliphatic carbocycles. The van der Waals surface area contributed by atoms with Gasteiger partial charge in [0, 0.05) is 42.3 Å². The minimum atomic E-state index is -0.227. The fourth-order valence-electron chi connectivity index (χ4n) is 4.00. The van der Waals surface area contributed by atoms with Gasteiger partial charge in [0.05, 0.1) is 6.54 Å². The number of nitrogens with zero attached hydrogens (tertiary/aromatic N) is 3. The standard InChI is InChI=1S/C22H21ClN4O2/c1-14-6-7-15(23)12-17(14)27-10-8-26(9-11-27)13-19-24-20-16-4-2-3-5-18(16)29-21(20)22(28)25-19/h2-7,12H,8-11,13H2,1H3,(H,24,25,28). The van der Waals surface area contributed by atoms with E-state index in [1.165, 1.54) is 11.3 Å². The normalized spacial score (nSPS) is 15.4. The number of furan rings is 1. The first-order valence-corrected chi connectivity index (χ1v) is 10.1. The van der Waals surface area contributed by atoms with Gasteiger partial charge in [0.15, 0.2) is 0 Å². The maximum atomic E-state index is 12.5. The number of H-pyrrole nitrogens is 1. The minimum Gasteiger partial charge on any atom is -0.449 e. The van der Waals surface area contributed by atoms with E-state index in [4.69, 9.17) is 21.0 Å². The summed E-state index contributed by atoms with van der Waals surface area (Å²) in [6.45, 7) is 6.30. The van der Waals surface area contributed by atoms with Crippen molar-refractivity contribution in [3.05, 3.63) is 69.2 Å². The van der Waals surface area contributed by atoms with Crippen molar-refractivity contribution < 1.29 is 4.42 Å². The van der Waals surface area contributed by atoms with Gasteiger partial charge in [-0.1, -0.05) is 29.8 Å². The largest absolute Gasteiger partial charge is 0.449 e. The van der Waals surface area contributed by atoms with Gasteiger partial charge in [-0.2, -0.15) is 0 Å². The Morgan fingerprint density at radius 2 is 1.93 bits per heavy atom. The molecule has 6 nitrogen and oxygen atoms in total. The molecule has 3 heterocycles. The first kappa shape index (κ1) is 18.2. The van der Waals surface area contributed by atoms with Gasteiger partial charge in [-0.3, -0.25) is 9.69 Å². The zero-order chi connectivity index (χ0) is 20.0. The van der Waals surface area contributed by atoms with Crippen LogP contribution in [0.1, 0.15) is 11.4 Å². The summed E-state index contributed by atoms with van der Waals surface area (Å²) >= 11 is 6.18. The van der Waals surface area contributed by atoms with Crippen LogP contribution in [-0.2, 0) is 6.54 Å². The van der Waals surface area contributed by atoms with Crippen molar-refractivity contribution in [3.8, 4) is 0 Å². The van der Waals surface area contributed by atoms with Crippen molar-refractivity contribution in [2.24, 2.45) is 0 Å². The molecule has 2 aromatic heterocycles. The first-order valence-electron chi connectivity index (χ1n) is 9.72. The van der Waals surface area contributed by atoms with Crippen LogP contribution in [0.4, 0.5) is 5.69 Å². The average molecular weight is 409 g/mol. The molecule has 7 heteroatoms. The lowest BCUT2D eigenvalue weighted by molar-refractivity contribution is 0.244. The molecule has 0 amide bonds. The molecule has 1 aliphatic heterocycles. The van der Waals surface area contributed by atoms with Crippen molar-refractivity contribution in [1.82, 2.24) is 14.9 Å². The smallest absolute Gasteiger partial charge is 0.294 e. The third-order valence-corrected chi connectivity index (χ3v) is 5.77. The highest BCUT2D eigenvalue weighted by Crippen LogP contribution is 2.26. The molecule has 1 N–H and O–H groups in total. The van der Waals surface area contributed by atoms with Gasteiger partial charge < -0.3 is 14.3 Å². The van der Waals surface area contributed by atoms with E-state index in [0.29, 0.717) is 23.5 Å². The lowest BCUT2D eigenvalue weighted by Crippen LogP contribution is -2.46. The second-order valence-electron chi connectivity index (χ2n) is 7.48. The number of benzene rings is 2. The van der Waals surface area contributed by atoms with E-state index in [1.807, 2.05) is 36.4 Å². The van der Waals surface area contributed by atoms with Crippen LogP contribution in [0.5, 0.6) is 0 Å². The molecule has 0 bridgehead atoms. The number of halogens is 1. The van der Waals surface area contributed by atoms with E-state index < -0.39 is 0 Å². The van der Waals surface area contributed by atoms with Crippen molar-refractivity contribution in [2.75, 3.05) is 31.1 Å². The number of rotatable bonds is 3. The maximum absolute atomic E-state index is 12.5. The average Bonchev–Trinajstić information content (AvgIpc) is 3.10. The number of fused-ring (bicyclic) bond motifs is 3. The Morgan fingerprint density at radius 3 is 2.76 bits per heavy atom. The highest BCUT2D eigenvalue weighted by Gasteiger charge is 2.20. The first-order chi connectivity index (χ1) is 14.1. The SMILES string of the molecule is Cc1ccc(Cl)cc1N1CCN(Cc2nc3c(oc4ccccc43)c(=O)[nH]2)CC1. The monoisotopic (exact) mass is 408 g/mol. The van der Waals surface area contributed by atoms with Crippen LogP contribution in [0.3, 0.4) is 0 Å². The Bertz CT molecular complexity index is 1250. The molecule has 0 spiro atoms. The van der Waals surface area contributed by atoms with Gasteiger partial charge >= 0.3 is 0 Å². The van der Waals surface area contributed by atoms with Crippen LogP contribution >= 0.6 is 11.6 Å². The summed E-state index contributed by atoms with van der Waals surface area (Å²) in [5, 5.41) is 1.63. The van der Waals surface area contributed by atoms with E-state index in [-0.39, 0.29) is 11.1 Å². The molecule has 1 aliphatic rings. The summed E-state index contributed by atoms with van der Waals surface area (Å²) in [5.41, 5.74) is 3.79. The fourth-order valence-corrected chi connectivity index (χ4v) is 4.17. The van der Waals surface area contributed by atoms with E-state index in [2.05, 4.69) is 27.8 Å². The molecule has 29 heavy (non-hydrogen) atoms. The topological polar surface area (TPSA) is 65.4 Å². The van der Waals surface area contributed by atoms with Gasteiger partial charge in [-0.15, -0.1) is 0 Å². The Hall–Kier alpha value is -2.83. The third kappa shape index (κ3) is 3.39. The second kappa shape index (κ2) is 7.21. The van der Waals surface area contributed by atoms with Gasteiger partial charge in [0.2, 0.25) is 5.58 Å². The molecule has 0 radical (unpaired) electrons. The van der Waals surface area contributed by atoms with Gasteiger partial charge in [0.25, 0.3) is 5.56 Å². The van der Waals surface area contributed by atoms with Crippen LogP contribution in [0.25, 0.3) is 22.1 Å². The Labute approximate surface area is 172 Å². The summed E-state index contributed by atoms with van der Waals surface area (Å²) in [7, 11) is 0.